The summed E-state index contributed by atoms with van der Waals surface area (Å²) in [6.07, 6.45) is 0.279. The van der Waals surface area contributed by atoms with Crippen LogP contribution in [-0.2, 0) is 6.42 Å². The molecular formula is C28H34ClNO3S. The zero-order valence-electron chi connectivity index (χ0n) is 20.1. The molecule has 4 nitrogen and oxygen atoms in total. The molecule has 3 rings (SSSR count). The second kappa shape index (κ2) is 12.4. The predicted molar refractivity (Wildman–Crippen MR) is 144 cm³/mol. The summed E-state index contributed by atoms with van der Waals surface area (Å²) in [6, 6.07) is 23.6. The second-order valence-corrected chi connectivity index (χ2v) is 10.9. The molecule has 0 unspecified atom stereocenters. The molecule has 0 aliphatic carbocycles. The van der Waals surface area contributed by atoms with Crippen molar-refractivity contribution in [2.75, 3.05) is 6.54 Å². The number of carbonyl (C=O) groups is 1. The number of aliphatic hydroxyl groups excluding tert-OH is 1. The third kappa shape index (κ3) is 7.88. The Morgan fingerprint density at radius 2 is 1.59 bits per heavy atom. The van der Waals surface area contributed by atoms with E-state index in [1.165, 1.54) is 5.56 Å². The minimum Gasteiger partial charge on any atom is -0.478 e. The monoisotopic (exact) mass is 499 g/mol. The number of thioether (sulfide) groups is 1. The summed E-state index contributed by atoms with van der Waals surface area (Å²) < 4.78 is 0. The zero-order valence-corrected chi connectivity index (χ0v) is 21.7. The van der Waals surface area contributed by atoms with E-state index in [-0.39, 0.29) is 17.9 Å². The SMILES string of the molecule is CC(C)Sc1cc(-c2ccc(CC(C)(C)NC[C@@H](O)c3ccccc3)cc2)ccc1C(=O)O.Cl. The Hall–Kier alpha value is -2.31. The number of aromatic carboxylic acids is 1. The van der Waals surface area contributed by atoms with Crippen molar-refractivity contribution in [3.05, 3.63) is 89.5 Å². The molecule has 0 spiro atoms. The van der Waals surface area contributed by atoms with E-state index in [4.69, 9.17) is 0 Å². The Labute approximate surface area is 213 Å². The van der Waals surface area contributed by atoms with E-state index >= 15 is 0 Å². The van der Waals surface area contributed by atoms with Crippen LogP contribution in [0, 0.1) is 0 Å². The molecule has 0 saturated carbocycles. The second-order valence-electron chi connectivity index (χ2n) is 9.25. The van der Waals surface area contributed by atoms with E-state index in [9.17, 15) is 15.0 Å². The highest BCUT2D eigenvalue weighted by Crippen LogP contribution is 2.32. The Kier molecular flexibility index (Phi) is 10.2. The number of aliphatic hydroxyl groups is 1. The highest BCUT2D eigenvalue weighted by Gasteiger charge is 2.20. The van der Waals surface area contributed by atoms with Gasteiger partial charge in [-0.1, -0.05) is 74.5 Å². The van der Waals surface area contributed by atoms with Gasteiger partial charge in [0.2, 0.25) is 0 Å². The van der Waals surface area contributed by atoms with Crippen molar-refractivity contribution < 1.29 is 15.0 Å². The maximum atomic E-state index is 11.6. The molecule has 0 radical (unpaired) electrons. The van der Waals surface area contributed by atoms with Gasteiger partial charge in [-0.3, -0.25) is 0 Å². The minimum absolute atomic E-state index is 0. The molecule has 0 aromatic heterocycles. The number of hydrogen-bond acceptors (Lipinski definition) is 4. The van der Waals surface area contributed by atoms with E-state index in [0.717, 1.165) is 28.0 Å². The molecule has 3 aromatic carbocycles. The molecule has 0 aliphatic heterocycles. The zero-order chi connectivity index (χ0) is 24.0. The summed E-state index contributed by atoms with van der Waals surface area (Å²) in [7, 11) is 0. The first-order chi connectivity index (χ1) is 15.6. The van der Waals surface area contributed by atoms with Gasteiger partial charge in [0.15, 0.2) is 0 Å². The van der Waals surface area contributed by atoms with Gasteiger partial charge in [-0.05, 0) is 54.7 Å². The van der Waals surface area contributed by atoms with Gasteiger partial charge in [-0.2, -0.15) is 0 Å². The predicted octanol–water partition coefficient (Wildman–Crippen LogP) is 6.62. The Morgan fingerprint density at radius 3 is 2.18 bits per heavy atom. The molecule has 182 valence electrons. The van der Waals surface area contributed by atoms with Gasteiger partial charge in [0, 0.05) is 22.2 Å². The quantitative estimate of drug-likeness (QED) is 0.273. The summed E-state index contributed by atoms with van der Waals surface area (Å²) >= 11 is 1.57. The van der Waals surface area contributed by atoms with Gasteiger partial charge in [-0.15, -0.1) is 24.2 Å². The Balaban J connectivity index is 0.00000408. The van der Waals surface area contributed by atoms with Gasteiger partial charge < -0.3 is 15.5 Å². The van der Waals surface area contributed by atoms with Gasteiger partial charge >= 0.3 is 5.97 Å². The number of hydrogen-bond donors (Lipinski definition) is 3. The molecule has 0 aliphatic rings. The maximum Gasteiger partial charge on any atom is 0.336 e. The average molecular weight is 500 g/mol. The van der Waals surface area contributed by atoms with Crippen LogP contribution in [0.15, 0.2) is 77.7 Å². The van der Waals surface area contributed by atoms with Gasteiger partial charge in [0.1, 0.15) is 0 Å². The van der Waals surface area contributed by atoms with Crippen LogP contribution in [0.25, 0.3) is 11.1 Å². The third-order valence-electron chi connectivity index (χ3n) is 5.47. The lowest BCUT2D eigenvalue weighted by molar-refractivity contribution is 0.0693. The van der Waals surface area contributed by atoms with E-state index in [1.807, 2.05) is 42.5 Å². The summed E-state index contributed by atoms with van der Waals surface area (Å²) in [5, 5.41) is 23.7. The third-order valence-corrected chi connectivity index (χ3v) is 6.53. The number of rotatable bonds is 10. The van der Waals surface area contributed by atoms with E-state index < -0.39 is 12.1 Å². The molecule has 6 heteroatoms. The van der Waals surface area contributed by atoms with E-state index in [1.54, 1.807) is 17.8 Å². The minimum atomic E-state index is -0.896. The fourth-order valence-electron chi connectivity index (χ4n) is 3.78. The van der Waals surface area contributed by atoms with Crippen molar-refractivity contribution >= 4 is 30.1 Å². The summed E-state index contributed by atoms with van der Waals surface area (Å²) in [5.41, 5.74) is 4.35. The lowest BCUT2D eigenvalue weighted by Crippen LogP contribution is -2.43. The normalized spacial score (nSPS) is 12.3. The standard InChI is InChI=1S/C28H33NO3S.ClH/c1-19(2)33-26-16-23(14-15-24(26)27(31)32)21-12-10-20(11-13-21)17-28(3,4)29-18-25(30)22-8-6-5-7-9-22;/h5-16,19,25,29-30H,17-18H2,1-4H3,(H,31,32);1H/t25-;/m1./s1. The topological polar surface area (TPSA) is 69.6 Å². The maximum absolute atomic E-state index is 11.6. The van der Waals surface area contributed by atoms with E-state index in [2.05, 4.69) is 57.3 Å². The summed E-state index contributed by atoms with van der Waals surface area (Å²) in [6.45, 7) is 8.89. The van der Waals surface area contributed by atoms with Crippen LogP contribution in [0.1, 0.15) is 55.3 Å². The van der Waals surface area contributed by atoms with E-state index in [0.29, 0.717) is 17.4 Å². The highest BCUT2D eigenvalue weighted by atomic mass is 35.5. The first kappa shape index (κ1) is 27.9. The number of nitrogens with one attached hydrogen (secondary N) is 1. The van der Waals surface area contributed by atoms with Crippen LogP contribution in [0.5, 0.6) is 0 Å². The molecule has 3 N–H and O–H groups in total. The van der Waals surface area contributed by atoms with Crippen molar-refractivity contribution in [3.8, 4) is 11.1 Å². The van der Waals surface area contributed by atoms with Crippen molar-refractivity contribution in [2.45, 2.75) is 55.9 Å². The van der Waals surface area contributed by atoms with Crippen molar-refractivity contribution in [1.29, 1.82) is 0 Å². The van der Waals surface area contributed by atoms with Crippen molar-refractivity contribution in [2.24, 2.45) is 0 Å². The van der Waals surface area contributed by atoms with Crippen molar-refractivity contribution in [1.82, 2.24) is 5.32 Å². The largest absolute Gasteiger partial charge is 0.478 e. The molecule has 0 heterocycles. The molecule has 34 heavy (non-hydrogen) atoms. The Morgan fingerprint density at radius 1 is 0.971 bits per heavy atom. The fraction of sp³-hybridized carbons (Fsp3) is 0.321. The summed E-state index contributed by atoms with van der Waals surface area (Å²) in [4.78, 5) is 12.4. The lowest BCUT2D eigenvalue weighted by atomic mass is 9.93. The number of halogens is 1. The lowest BCUT2D eigenvalue weighted by Gasteiger charge is -2.28. The van der Waals surface area contributed by atoms with Crippen LogP contribution < -0.4 is 5.32 Å². The number of β-amino-alcohol motifs (C(OH)–C–C–N with tert-alkyl or cyclic N) is 1. The molecule has 0 bridgehead atoms. The van der Waals surface area contributed by atoms with Crippen LogP contribution in [0.4, 0.5) is 0 Å². The average Bonchev–Trinajstić information content (AvgIpc) is 2.78. The van der Waals surface area contributed by atoms with Gasteiger partial charge in [0.05, 0.1) is 11.7 Å². The first-order valence-electron chi connectivity index (χ1n) is 11.3. The number of benzene rings is 3. The number of carboxylic acid groups (broad SMARTS) is 1. The molecular weight excluding hydrogens is 466 g/mol. The fourth-order valence-corrected chi connectivity index (χ4v) is 4.77. The molecule has 0 saturated heterocycles. The first-order valence-corrected chi connectivity index (χ1v) is 12.1. The number of carboxylic acids is 1. The smallest absolute Gasteiger partial charge is 0.336 e. The molecule has 0 fully saturated rings. The summed E-state index contributed by atoms with van der Waals surface area (Å²) in [5.74, 6) is -0.896. The Bertz CT molecular complexity index is 1070. The molecule has 0 amide bonds. The highest BCUT2D eigenvalue weighted by molar-refractivity contribution is 8.00. The van der Waals surface area contributed by atoms with Crippen LogP contribution in [0.2, 0.25) is 0 Å². The molecule has 1 atom stereocenters. The van der Waals surface area contributed by atoms with Crippen LogP contribution >= 0.6 is 24.2 Å². The van der Waals surface area contributed by atoms with Gasteiger partial charge in [0.25, 0.3) is 0 Å². The van der Waals surface area contributed by atoms with Crippen LogP contribution in [0.3, 0.4) is 0 Å². The van der Waals surface area contributed by atoms with Crippen molar-refractivity contribution in [3.63, 3.8) is 0 Å². The van der Waals surface area contributed by atoms with Gasteiger partial charge in [-0.25, -0.2) is 4.79 Å². The van der Waals surface area contributed by atoms with Crippen LogP contribution in [-0.4, -0.2) is 33.5 Å². The molecule has 3 aromatic rings.